The molecule has 0 spiro atoms. The van der Waals surface area contributed by atoms with Crippen molar-refractivity contribution < 1.29 is 13.2 Å². The van der Waals surface area contributed by atoms with Crippen LogP contribution in [0.2, 0.25) is 0 Å². The zero-order valence-electron chi connectivity index (χ0n) is 9.93. The van der Waals surface area contributed by atoms with E-state index in [2.05, 4.69) is 9.68 Å². The van der Waals surface area contributed by atoms with Gasteiger partial charge in [-0.1, -0.05) is 59.0 Å². The van der Waals surface area contributed by atoms with E-state index in [1.807, 2.05) is 36.4 Å². The minimum atomic E-state index is -2.71. The summed E-state index contributed by atoms with van der Waals surface area (Å²) in [5.74, 6) is 0. The fourth-order valence-electron chi connectivity index (χ4n) is 1.12. The molecule has 2 rings (SSSR count). The molecule has 2 aromatic rings. The molecule has 0 aliphatic carbocycles. The first-order chi connectivity index (χ1) is 9.18. The van der Waals surface area contributed by atoms with Gasteiger partial charge in [0.1, 0.15) is 0 Å². The number of carbonyl (C=O) groups excluding carboxylic acids is 1. The maximum absolute atomic E-state index is 10.8. The van der Waals surface area contributed by atoms with Gasteiger partial charge in [-0.05, 0) is 12.1 Å². The standard InChI is InChI=1S/C7H6N2O3S.C6H6/c10-7(9-13(11)12)8-6-4-2-1-3-5-6;1-2-4-6-5-3-1/h1-5H,(H,8,10);1-6H. The van der Waals surface area contributed by atoms with E-state index in [-0.39, 0.29) is 0 Å². The van der Waals surface area contributed by atoms with Crippen molar-refractivity contribution in [3.8, 4) is 0 Å². The first kappa shape index (κ1) is 14.6. The molecule has 0 heterocycles. The molecule has 0 bridgehead atoms. The molecule has 0 unspecified atom stereocenters. The van der Waals surface area contributed by atoms with Crippen molar-refractivity contribution in [3.63, 3.8) is 0 Å². The van der Waals surface area contributed by atoms with Crippen LogP contribution in [0.25, 0.3) is 0 Å². The Hall–Kier alpha value is -2.47. The van der Waals surface area contributed by atoms with Gasteiger partial charge in [0.25, 0.3) is 0 Å². The number of anilines is 1. The summed E-state index contributed by atoms with van der Waals surface area (Å²) in [7, 11) is -2.71. The second kappa shape index (κ2) is 8.60. The summed E-state index contributed by atoms with van der Waals surface area (Å²) in [5, 5.41) is 2.27. The number of hydrogen-bond donors (Lipinski definition) is 1. The molecule has 2 aromatic carbocycles. The molecule has 2 amide bonds. The molecule has 0 saturated heterocycles. The number of nitrogens with one attached hydrogen (secondary N) is 1. The lowest BCUT2D eigenvalue weighted by Crippen LogP contribution is -2.05. The predicted octanol–water partition coefficient (Wildman–Crippen LogP) is 2.97. The van der Waals surface area contributed by atoms with Crippen molar-refractivity contribution in [2.45, 2.75) is 0 Å². The van der Waals surface area contributed by atoms with Gasteiger partial charge in [-0.3, -0.25) is 0 Å². The zero-order valence-corrected chi connectivity index (χ0v) is 10.7. The Labute approximate surface area is 112 Å². The Kier molecular flexibility index (Phi) is 6.60. The lowest BCUT2D eigenvalue weighted by Gasteiger charge is -1.97. The van der Waals surface area contributed by atoms with Gasteiger partial charge in [-0.25, -0.2) is 4.79 Å². The quantitative estimate of drug-likeness (QED) is 0.870. The number of nitrogens with zero attached hydrogens (tertiary/aromatic N) is 1. The van der Waals surface area contributed by atoms with Gasteiger partial charge in [0.2, 0.25) is 0 Å². The highest BCUT2D eigenvalue weighted by molar-refractivity contribution is 7.62. The van der Waals surface area contributed by atoms with Crippen LogP contribution in [-0.4, -0.2) is 14.4 Å². The number of benzene rings is 2. The molecule has 1 N–H and O–H groups in total. The molecule has 0 aliphatic heterocycles. The molecule has 0 radical (unpaired) electrons. The van der Waals surface area contributed by atoms with Crippen LogP contribution in [0.5, 0.6) is 0 Å². The van der Waals surface area contributed by atoms with Gasteiger partial charge in [-0.15, -0.1) is 0 Å². The van der Waals surface area contributed by atoms with Gasteiger partial charge >= 0.3 is 16.5 Å². The summed E-state index contributed by atoms with van der Waals surface area (Å²) in [6.07, 6.45) is 0. The molecule has 0 aromatic heterocycles. The van der Waals surface area contributed by atoms with Crippen LogP contribution in [0.4, 0.5) is 10.5 Å². The summed E-state index contributed by atoms with van der Waals surface area (Å²) in [5.41, 5.74) is 0.502. The van der Waals surface area contributed by atoms with E-state index in [4.69, 9.17) is 0 Å². The molecular weight excluding hydrogens is 264 g/mol. The third-order valence-electron chi connectivity index (χ3n) is 1.85. The molecular formula is C13H12N2O3S. The largest absolute Gasteiger partial charge is 0.360 e. The van der Waals surface area contributed by atoms with Crippen molar-refractivity contribution in [2.75, 3.05) is 5.32 Å². The Morgan fingerprint density at radius 1 is 0.842 bits per heavy atom. The van der Waals surface area contributed by atoms with Crippen LogP contribution >= 0.6 is 0 Å². The Morgan fingerprint density at radius 3 is 1.68 bits per heavy atom. The van der Waals surface area contributed by atoms with Crippen molar-refractivity contribution >= 4 is 22.2 Å². The average Bonchev–Trinajstić information content (AvgIpc) is 2.41. The smallest absolute Gasteiger partial charge is 0.305 e. The minimum Gasteiger partial charge on any atom is -0.305 e. The Bertz CT molecular complexity index is 591. The summed E-state index contributed by atoms with van der Waals surface area (Å²) in [6, 6.07) is 19.5. The van der Waals surface area contributed by atoms with E-state index in [0.29, 0.717) is 5.69 Å². The number of para-hydroxylation sites is 1. The number of rotatable bonds is 1. The van der Waals surface area contributed by atoms with Crippen molar-refractivity contribution in [2.24, 2.45) is 4.36 Å². The molecule has 19 heavy (non-hydrogen) atoms. The topological polar surface area (TPSA) is 75.6 Å². The molecule has 5 nitrogen and oxygen atoms in total. The molecule has 0 aliphatic rings. The summed E-state index contributed by atoms with van der Waals surface area (Å²) in [6.45, 7) is 0. The van der Waals surface area contributed by atoms with Gasteiger partial charge < -0.3 is 5.32 Å². The fourth-order valence-corrected chi connectivity index (χ4v) is 1.30. The zero-order chi connectivity index (χ0) is 13.9. The Balaban J connectivity index is 0.000000250. The van der Waals surface area contributed by atoms with E-state index < -0.39 is 16.5 Å². The van der Waals surface area contributed by atoms with E-state index in [1.54, 1.807) is 30.3 Å². The average molecular weight is 276 g/mol. The SMILES string of the molecule is O=C(N=S(=O)=O)Nc1ccccc1.c1ccccc1. The van der Waals surface area contributed by atoms with Crippen LogP contribution in [0.3, 0.4) is 0 Å². The monoisotopic (exact) mass is 276 g/mol. The third-order valence-corrected chi connectivity index (χ3v) is 2.16. The second-order valence-corrected chi connectivity index (χ2v) is 3.88. The van der Waals surface area contributed by atoms with E-state index >= 15 is 0 Å². The van der Waals surface area contributed by atoms with E-state index in [0.717, 1.165) is 0 Å². The van der Waals surface area contributed by atoms with Crippen LogP contribution in [0, 0.1) is 0 Å². The van der Waals surface area contributed by atoms with Gasteiger partial charge in [-0.2, -0.15) is 8.42 Å². The molecule has 0 atom stereocenters. The minimum absolute atomic E-state index is 0.502. The van der Waals surface area contributed by atoms with Gasteiger partial charge in [0.15, 0.2) is 0 Å². The van der Waals surface area contributed by atoms with E-state index in [9.17, 15) is 13.2 Å². The maximum Gasteiger partial charge on any atom is 0.360 e. The Morgan fingerprint density at radius 2 is 1.26 bits per heavy atom. The molecule has 98 valence electrons. The van der Waals surface area contributed by atoms with Crippen molar-refractivity contribution in [1.29, 1.82) is 0 Å². The predicted molar refractivity (Wildman–Crippen MR) is 73.3 cm³/mol. The van der Waals surface area contributed by atoms with Crippen molar-refractivity contribution in [1.82, 2.24) is 0 Å². The third kappa shape index (κ3) is 7.45. The highest BCUT2D eigenvalue weighted by Gasteiger charge is 1.97. The summed E-state index contributed by atoms with van der Waals surface area (Å²) >= 11 is 0. The highest BCUT2D eigenvalue weighted by Crippen LogP contribution is 2.04. The molecule has 0 saturated carbocycles. The maximum atomic E-state index is 10.8. The first-order valence-corrected chi connectivity index (χ1v) is 6.39. The number of hydrogen-bond acceptors (Lipinski definition) is 3. The number of carbonyl (C=O) groups is 1. The second-order valence-electron chi connectivity index (χ2n) is 3.26. The molecule has 0 fully saturated rings. The number of amides is 2. The lowest BCUT2D eigenvalue weighted by molar-refractivity contribution is 0.260. The van der Waals surface area contributed by atoms with Gasteiger partial charge in [0, 0.05) is 5.69 Å². The van der Waals surface area contributed by atoms with Crippen LogP contribution in [0.1, 0.15) is 0 Å². The van der Waals surface area contributed by atoms with E-state index in [1.165, 1.54) is 0 Å². The highest BCUT2D eigenvalue weighted by atomic mass is 32.2. The summed E-state index contributed by atoms with van der Waals surface area (Å²) in [4.78, 5) is 10.8. The summed E-state index contributed by atoms with van der Waals surface area (Å²) < 4.78 is 22.7. The van der Waals surface area contributed by atoms with Crippen LogP contribution < -0.4 is 5.32 Å². The van der Waals surface area contributed by atoms with Crippen molar-refractivity contribution in [3.05, 3.63) is 66.7 Å². The normalized spacial score (nSPS) is 8.63. The molecule has 6 heteroatoms. The van der Waals surface area contributed by atoms with Crippen LogP contribution in [0.15, 0.2) is 71.1 Å². The van der Waals surface area contributed by atoms with Gasteiger partial charge in [0.05, 0.1) is 0 Å². The first-order valence-electron chi connectivity index (χ1n) is 5.35. The fraction of sp³-hybridized carbons (Fsp3) is 0. The van der Waals surface area contributed by atoms with Crippen LogP contribution in [-0.2, 0) is 10.5 Å². The lowest BCUT2D eigenvalue weighted by atomic mass is 10.3. The number of urea groups is 1.